The molecule has 1 spiro atoms. The van der Waals surface area contributed by atoms with E-state index in [1.807, 2.05) is 4.90 Å². The third-order valence-electron chi connectivity index (χ3n) is 5.70. The number of piperidine rings is 1. The summed E-state index contributed by atoms with van der Waals surface area (Å²) >= 11 is 0. The molecule has 1 atom stereocenters. The molecule has 1 aromatic carbocycles. The van der Waals surface area contributed by atoms with Crippen molar-refractivity contribution in [3.63, 3.8) is 0 Å². The zero-order valence-electron chi connectivity index (χ0n) is 15.5. The van der Waals surface area contributed by atoms with Crippen molar-refractivity contribution in [2.75, 3.05) is 24.5 Å². The lowest BCUT2D eigenvalue weighted by molar-refractivity contribution is -0.145. The molecule has 2 saturated heterocycles. The molecule has 8 heteroatoms. The van der Waals surface area contributed by atoms with Crippen LogP contribution in [0.2, 0.25) is 0 Å². The molecule has 7 nitrogen and oxygen atoms in total. The maximum absolute atomic E-state index is 14.0. The SMILES string of the molecule is NC(=O)c1cncc(N2CC[C@@]3(CCCN(Cc4ccccc4F)C3=O)C2)n1. The van der Waals surface area contributed by atoms with Crippen molar-refractivity contribution in [2.45, 2.75) is 25.8 Å². The molecular formula is C20H22FN5O2. The average molecular weight is 383 g/mol. The van der Waals surface area contributed by atoms with E-state index in [-0.39, 0.29) is 24.0 Å². The molecule has 2 amide bonds. The van der Waals surface area contributed by atoms with Gasteiger partial charge in [0.15, 0.2) is 0 Å². The van der Waals surface area contributed by atoms with Crippen LogP contribution in [0.3, 0.4) is 0 Å². The second-order valence-corrected chi connectivity index (χ2v) is 7.50. The van der Waals surface area contributed by atoms with E-state index in [2.05, 4.69) is 9.97 Å². The number of halogens is 1. The number of carbonyl (C=O) groups is 2. The van der Waals surface area contributed by atoms with Gasteiger partial charge in [0.2, 0.25) is 5.91 Å². The molecular weight excluding hydrogens is 361 g/mol. The fraction of sp³-hybridized carbons (Fsp3) is 0.400. The van der Waals surface area contributed by atoms with Crippen LogP contribution in [0.1, 0.15) is 35.3 Å². The van der Waals surface area contributed by atoms with Crippen LogP contribution in [0.5, 0.6) is 0 Å². The van der Waals surface area contributed by atoms with Gasteiger partial charge in [0.1, 0.15) is 17.3 Å². The lowest BCUT2D eigenvalue weighted by Gasteiger charge is -2.39. The van der Waals surface area contributed by atoms with Gasteiger partial charge in [0.05, 0.1) is 17.8 Å². The van der Waals surface area contributed by atoms with E-state index in [1.165, 1.54) is 12.3 Å². The molecule has 4 rings (SSSR count). The van der Waals surface area contributed by atoms with Gasteiger partial charge in [0.25, 0.3) is 5.91 Å². The van der Waals surface area contributed by atoms with E-state index < -0.39 is 11.3 Å². The van der Waals surface area contributed by atoms with Gasteiger partial charge >= 0.3 is 0 Å². The van der Waals surface area contributed by atoms with Crippen molar-refractivity contribution in [2.24, 2.45) is 11.1 Å². The minimum absolute atomic E-state index is 0.0588. The summed E-state index contributed by atoms with van der Waals surface area (Å²) in [5.41, 5.74) is 5.42. The van der Waals surface area contributed by atoms with E-state index in [4.69, 9.17) is 5.73 Å². The van der Waals surface area contributed by atoms with Crippen molar-refractivity contribution < 1.29 is 14.0 Å². The number of benzene rings is 1. The Hall–Kier alpha value is -3.03. The highest BCUT2D eigenvalue weighted by atomic mass is 19.1. The first kappa shape index (κ1) is 18.3. The van der Waals surface area contributed by atoms with E-state index in [1.54, 1.807) is 29.3 Å². The van der Waals surface area contributed by atoms with Gasteiger partial charge in [-0.1, -0.05) is 18.2 Å². The summed E-state index contributed by atoms with van der Waals surface area (Å²) < 4.78 is 14.0. The van der Waals surface area contributed by atoms with Crippen molar-refractivity contribution in [3.8, 4) is 0 Å². The third kappa shape index (κ3) is 3.30. The zero-order valence-corrected chi connectivity index (χ0v) is 15.5. The second-order valence-electron chi connectivity index (χ2n) is 7.50. The Bertz CT molecular complexity index is 921. The van der Waals surface area contributed by atoms with Crippen molar-refractivity contribution in [3.05, 3.63) is 53.7 Å². The maximum Gasteiger partial charge on any atom is 0.268 e. The van der Waals surface area contributed by atoms with Gasteiger partial charge in [-0.2, -0.15) is 0 Å². The van der Waals surface area contributed by atoms with E-state index in [9.17, 15) is 14.0 Å². The molecule has 0 radical (unpaired) electrons. The number of carbonyl (C=O) groups excluding carboxylic acids is 2. The number of anilines is 1. The Morgan fingerprint density at radius 1 is 1.21 bits per heavy atom. The summed E-state index contributed by atoms with van der Waals surface area (Å²) in [7, 11) is 0. The molecule has 2 aliphatic heterocycles. The first-order valence-electron chi connectivity index (χ1n) is 9.38. The van der Waals surface area contributed by atoms with Crippen LogP contribution >= 0.6 is 0 Å². The molecule has 0 unspecified atom stereocenters. The van der Waals surface area contributed by atoms with Crippen LogP contribution in [0.25, 0.3) is 0 Å². The Labute approximate surface area is 162 Å². The quantitative estimate of drug-likeness (QED) is 0.868. The van der Waals surface area contributed by atoms with Crippen LogP contribution in [0.4, 0.5) is 10.2 Å². The molecule has 0 aliphatic carbocycles. The number of aromatic nitrogens is 2. The Morgan fingerprint density at radius 2 is 2.04 bits per heavy atom. The van der Waals surface area contributed by atoms with E-state index in [0.29, 0.717) is 37.4 Å². The minimum atomic E-state index is -0.631. The molecule has 1 aromatic heterocycles. The van der Waals surface area contributed by atoms with E-state index in [0.717, 1.165) is 12.8 Å². The van der Waals surface area contributed by atoms with Gasteiger partial charge in [-0.15, -0.1) is 0 Å². The largest absolute Gasteiger partial charge is 0.364 e. The monoisotopic (exact) mass is 383 g/mol. The maximum atomic E-state index is 14.0. The van der Waals surface area contributed by atoms with Crippen molar-refractivity contribution in [1.29, 1.82) is 0 Å². The molecule has 146 valence electrons. The van der Waals surface area contributed by atoms with Gasteiger partial charge < -0.3 is 15.5 Å². The van der Waals surface area contributed by atoms with Gasteiger partial charge in [-0.3, -0.25) is 14.6 Å². The number of likely N-dealkylation sites (tertiary alicyclic amines) is 1. The van der Waals surface area contributed by atoms with Gasteiger partial charge in [-0.05, 0) is 25.3 Å². The fourth-order valence-electron chi connectivity index (χ4n) is 4.21. The molecule has 2 fully saturated rings. The number of rotatable bonds is 4. The van der Waals surface area contributed by atoms with Crippen LogP contribution in [0.15, 0.2) is 36.7 Å². The lowest BCUT2D eigenvalue weighted by Crippen LogP contribution is -2.49. The number of hydrogen-bond donors (Lipinski definition) is 1. The number of hydrogen-bond acceptors (Lipinski definition) is 5. The standard InChI is InChI=1S/C20H22FN5O2/c21-15-5-2-1-4-14(15)12-25-8-3-6-20(19(25)28)7-9-26(13-20)17-11-23-10-16(24-17)18(22)27/h1-2,4-5,10-11H,3,6-9,12-13H2,(H2,22,27)/t20-/m0/s1. The summed E-state index contributed by atoms with van der Waals surface area (Å²) in [6.07, 6.45) is 5.28. The number of nitrogens with zero attached hydrogens (tertiary/aromatic N) is 4. The van der Waals surface area contributed by atoms with Crippen LogP contribution in [-0.2, 0) is 11.3 Å². The van der Waals surface area contributed by atoms with Crippen LogP contribution in [-0.4, -0.2) is 46.3 Å². The Balaban J connectivity index is 1.52. The van der Waals surface area contributed by atoms with Crippen LogP contribution < -0.4 is 10.6 Å². The first-order valence-corrected chi connectivity index (χ1v) is 9.38. The Morgan fingerprint density at radius 3 is 2.82 bits per heavy atom. The highest BCUT2D eigenvalue weighted by Gasteiger charge is 2.48. The molecule has 2 N–H and O–H groups in total. The second kappa shape index (κ2) is 7.18. The fourth-order valence-corrected chi connectivity index (χ4v) is 4.21. The first-order chi connectivity index (χ1) is 13.5. The average Bonchev–Trinajstić information content (AvgIpc) is 3.12. The summed E-state index contributed by atoms with van der Waals surface area (Å²) in [5, 5.41) is 0. The summed E-state index contributed by atoms with van der Waals surface area (Å²) in [6, 6.07) is 6.57. The summed E-state index contributed by atoms with van der Waals surface area (Å²) in [6.45, 7) is 2.07. The highest BCUT2D eigenvalue weighted by Crippen LogP contribution is 2.41. The summed E-state index contributed by atoms with van der Waals surface area (Å²) in [4.78, 5) is 36.7. The van der Waals surface area contributed by atoms with E-state index >= 15 is 0 Å². The molecule has 28 heavy (non-hydrogen) atoms. The smallest absolute Gasteiger partial charge is 0.268 e. The minimum Gasteiger partial charge on any atom is -0.364 e. The molecule has 3 heterocycles. The molecule has 0 bridgehead atoms. The van der Waals surface area contributed by atoms with Gasteiger partial charge in [-0.25, -0.2) is 9.37 Å². The third-order valence-corrected chi connectivity index (χ3v) is 5.70. The lowest BCUT2D eigenvalue weighted by atomic mass is 9.78. The van der Waals surface area contributed by atoms with Crippen LogP contribution in [0, 0.1) is 11.2 Å². The summed E-state index contributed by atoms with van der Waals surface area (Å²) in [5.74, 6) is -0.315. The normalized spacial score (nSPS) is 22.1. The molecule has 2 aromatic rings. The predicted octanol–water partition coefficient (Wildman–Crippen LogP) is 1.73. The zero-order chi connectivity index (χ0) is 19.7. The van der Waals surface area contributed by atoms with Gasteiger partial charge in [0, 0.05) is 31.7 Å². The van der Waals surface area contributed by atoms with Crippen molar-refractivity contribution >= 4 is 17.6 Å². The molecule has 0 saturated carbocycles. The predicted molar refractivity (Wildman–Crippen MR) is 101 cm³/mol. The topological polar surface area (TPSA) is 92.4 Å². The Kier molecular flexibility index (Phi) is 4.70. The number of primary amides is 1. The highest BCUT2D eigenvalue weighted by molar-refractivity contribution is 5.90. The molecule has 2 aliphatic rings. The number of amides is 2. The van der Waals surface area contributed by atoms with Crippen molar-refractivity contribution in [1.82, 2.24) is 14.9 Å². The number of nitrogens with two attached hydrogens (primary N) is 1.